The molecule has 0 spiro atoms. The number of aliphatic carboxylic acids is 1. The highest BCUT2D eigenvalue weighted by Gasteiger charge is 2.39. The number of carboxylic acids is 1. The molecule has 2 heterocycles. The van der Waals surface area contributed by atoms with Gasteiger partial charge >= 0.3 is 5.97 Å². The molecule has 0 saturated heterocycles. The van der Waals surface area contributed by atoms with E-state index < -0.39 is 11.6 Å². The predicted octanol–water partition coefficient (Wildman–Crippen LogP) is 6.50. The lowest BCUT2D eigenvalue weighted by Crippen LogP contribution is -2.46. The van der Waals surface area contributed by atoms with Crippen LogP contribution in [0.4, 0.5) is 0 Å². The highest BCUT2D eigenvalue weighted by molar-refractivity contribution is 7.15. The Hall–Kier alpha value is -3.58. The summed E-state index contributed by atoms with van der Waals surface area (Å²) in [6.45, 7) is 6.26. The number of oxazole rings is 1. The normalized spacial score (nSPS) is 12.8. The summed E-state index contributed by atoms with van der Waals surface area (Å²) < 4.78 is 17.7. The maximum atomic E-state index is 12.2. The first-order valence-electron chi connectivity index (χ1n) is 11.6. The van der Waals surface area contributed by atoms with Gasteiger partial charge in [-0.1, -0.05) is 37.3 Å². The van der Waals surface area contributed by atoms with E-state index in [1.807, 2.05) is 62.4 Å². The van der Waals surface area contributed by atoms with Crippen molar-refractivity contribution < 1.29 is 23.8 Å². The van der Waals surface area contributed by atoms with Crippen molar-refractivity contribution in [3.8, 4) is 22.3 Å². The number of rotatable bonds is 11. The SMILES string of the molecule is CCC(Cc1ccc(OCCc2nc(-c3ccc(C)s3)oc2C)cc1)(Oc1ccccc1)C(=O)O. The van der Waals surface area contributed by atoms with Crippen LogP contribution in [0.15, 0.2) is 71.1 Å². The van der Waals surface area contributed by atoms with Crippen LogP contribution in [0, 0.1) is 13.8 Å². The van der Waals surface area contributed by atoms with Crippen LogP contribution in [0.2, 0.25) is 0 Å². The molecule has 1 atom stereocenters. The van der Waals surface area contributed by atoms with Crippen LogP contribution in [0.1, 0.15) is 35.2 Å². The second-order valence-electron chi connectivity index (χ2n) is 8.42. The molecule has 0 fully saturated rings. The first-order chi connectivity index (χ1) is 16.9. The van der Waals surface area contributed by atoms with Gasteiger partial charge in [-0.3, -0.25) is 0 Å². The van der Waals surface area contributed by atoms with Gasteiger partial charge in [0.25, 0.3) is 0 Å². The summed E-state index contributed by atoms with van der Waals surface area (Å²) in [7, 11) is 0. The van der Waals surface area contributed by atoms with Gasteiger partial charge in [0.15, 0.2) is 0 Å². The van der Waals surface area contributed by atoms with E-state index in [2.05, 4.69) is 18.0 Å². The van der Waals surface area contributed by atoms with Crippen molar-refractivity contribution in [2.24, 2.45) is 0 Å². The molecule has 0 aliphatic heterocycles. The van der Waals surface area contributed by atoms with Crippen molar-refractivity contribution >= 4 is 17.3 Å². The number of hydrogen-bond acceptors (Lipinski definition) is 6. The second-order valence-corrected chi connectivity index (χ2v) is 9.71. The molecular weight excluding hydrogens is 462 g/mol. The molecule has 1 unspecified atom stereocenters. The molecule has 0 amide bonds. The number of hydrogen-bond donors (Lipinski definition) is 1. The maximum absolute atomic E-state index is 12.2. The summed E-state index contributed by atoms with van der Waals surface area (Å²) in [5.74, 6) is 1.72. The highest BCUT2D eigenvalue weighted by atomic mass is 32.1. The minimum absolute atomic E-state index is 0.247. The summed E-state index contributed by atoms with van der Waals surface area (Å²) >= 11 is 1.66. The molecule has 35 heavy (non-hydrogen) atoms. The van der Waals surface area contributed by atoms with Crippen LogP contribution < -0.4 is 9.47 Å². The number of nitrogens with zero attached hydrogens (tertiary/aromatic N) is 1. The van der Waals surface area contributed by atoms with Crippen LogP contribution >= 0.6 is 11.3 Å². The minimum atomic E-state index is -1.34. The number of carboxylic acid groups (broad SMARTS) is 1. The Balaban J connectivity index is 1.36. The van der Waals surface area contributed by atoms with E-state index >= 15 is 0 Å². The average molecular weight is 492 g/mol. The van der Waals surface area contributed by atoms with Gasteiger partial charge < -0.3 is 19.0 Å². The third-order valence-corrected chi connectivity index (χ3v) is 6.87. The molecule has 0 aliphatic carbocycles. The van der Waals surface area contributed by atoms with E-state index in [1.54, 1.807) is 23.5 Å². The Labute approximate surface area is 209 Å². The molecule has 0 saturated carbocycles. The van der Waals surface area contributed by atoms with E-state index in [0.29, 0.717) is 36.8 Å². The smallest absolute Gasteiger partial charge is 0.348 e. The zero-order chi connectivity index (χ0) is 24.8. The monoisotopic (exact) mass is 491 g/mol. The summed E-state index contributed by atoms with van der Waals surface area (Å²) in [5, 5.41) is 9.96. The molecule has 0 radical (unpaired) electrons. The summed E-state index contributed by atoms with van der Waals surface area (Å²) in [5.41, 5.74) is 0.406. The molecule has 2 aromatic heterocycles. The zero-order valence-electron chi connectivity index (χ0n) is 20.1. The minimum Gasteiger partial charge on any atom is -0.493 e. The Morgan fingerprint density at radius 3 is 2.40 bits per heavy atom. The Bertz CT molecular complexity index is 1260. The van der Waals surface area contributed by atoms with Gasteiger partial charge in [-0.2, -0.15) is 0 Å². The van der Waals surface area contributed by atoms with Crippen LogP contribution in [-0.2, 0) is 17.6 Å². The van der Waals surface area contributed by atoms with Gasteiger partial charge in [0.2, 0.25) is 11.5 Å². The van der Waals surface area contributed by atoms with Crippen LogP contribution in [-0.4, -0.2) is 28.3 Å². The Morgan fingerprint density at radius 2 is 1.77 bits per heavy atom. The van der Waals surface area contributed by atoms with Crippen LogP contribution in [0.25, 0.3) is 10.8 Å². The molecule has 182 valence electrons. The van der Waals surface area contributed by atoms with Crippen LogP contribution in [0.3, 0.4) is 0 Å². The third-order valence-electron chi connectivity index (χ3n) is 5.88. The van der Waals surface area contributed by atoms with E-state index in [-0.39, 0.29) is 6.42 Å². The summed E-state index contributed by atoms with van der Waals surface area (Å²) in [6.07, 6.45) is 1.21. The molecule has 4 rings (SSSR count). The Kier molecular flexibility index (Phi) is 7.56. The molecule has 6 nitrogen and oxygen atoms in total. The summed E-state index contributed by atoms with van der Waals surface area (Å²) in [4.78, 5) is 19.0. The fraction of sp³-hybridized carbons (Fsp3) is 0.286. The number of thiophene rings is 1. The second kappa shape index (κ2) is 10.8. The largest absolute Gasteiger partial charge is 0.493 e. The Morgan fingerprint density at radius 1 is 1.03 bits per heavy atom. The van der Waals surface area contributed by atoms with E-state index in [1.165, 1.54) is 4.88 Å². The first kappa shape index (κ1) is 24.5. The number of benzene rings is 2. The van der Waals surface area contributed by atoms with Crippen molar-refractivity contribution in [1.82, 2.24) is 4.98 Å². The predicted molar refractivity (Wildman–Crippen MR) is 136 cm³/mol. The molecule has 4 aromatic rings. The van der Waals surface area contributed by atoms with Crippen molar-refractivity contribution in [3.05, 3.63) is 88.6 Å². The zero-order valence-corrected chi connectivity index (χ0v) is 20.9. The lowest BCUT2D eigenvalue weighted by atomic mass is 9.91. The maximum Gasteiger partial charge on any atom is 0.348 e. The van der Waals surface area contributed by atoms with Crippen molar-refractivity contribution in [2.75, 3.05) is 6.61 Å². The number of ether oxygens (including phenoxy) is 2. The molecule has 2 aromatic carbocycles. The van der Waals surface area contributed by atoms with Crippen molar-refractivity contribution in [2.45, 2.75) is 45.6 Å². The standard InChI is InChI=1S/C28H29NO5S/c1-4-28(27(30)31,34-23-8-6-5-7-9-23)18-21-11-13-22(14-12-21)32-17-16-24-20(3)33-26(29-24)25-15-10-19(2)35-25/h5-15H,4,16-18H2,1-3H3,(H,30,31). The first-order valence-corrected chi connectivity index (χ1v) is 12.4. The van der Waals surface area contributed by atoms with E-state index in [9.17, 15) is 9.90 Å². The highest BCUT2D eigenvalue weighted by Crippen LogP contribution is 2.29. The lowest BCUT2D eigenvalue weighted by Gasteiger charge is -2.29. The van der Waals surface area contributed by atoms with Gasteiger partial charge in [-0.05, 0) is 62.2 Å². The fourth-order valence-corrected chi connectivity index (χ4v) is 4.63. The number of aromatic nitrogens is 1. The quantitative estimate of drug-likeness (QED) is 0.258. The van der Waals surface area contributed by atoms with Crippen LogP contribution in [0.5, 0.6) is 11.5 Å². The van der Waals surface area contributed by atoms with Gasteiger partial charge in [0, 0.05) is 17.7 Å². The van der Waals surface area contributed by atoms with Crippen molar-refractivity contribution in [1.29, 1.82) is 0 Å². The van der Waals surface area contributed by atoms with Crippen molar-refractivity contribution in [3.63, 3.8) is 0 Å². The third kappa shape index (κ3) is 5.92. The molecule has 7 heteroatoms. The number of aryl methyl sites for hydroxylation is 2. The van der Waals surface area contributed by atoms with E-state index in [0.717, 1.165) is 21.9 Å². The topological polar surface area (TPSA) is 81.8 Å². The number of para-hydroxylation sites is 1. The molecule has 0 aliphatic rings. The molecular formula is C28H29NO5S. The molecule has 0 bridgehead atoms. The van der Waals surface area contributed by atoms with Gasteiger partial charge in [0.1, 0.15) is 17.3 Å². The lowest BCUT2D eigenvalue weighted by molar-refractivity contribution is -0.155. The van der Waals surface area contributed by atoms with E-state index in [4.69, 9.17) is 13.9 Å². The van der Waals surface area contributed by atoms with Gasteiger partial charge in [-0.25, -0.2) is 9.78 Å². The molecule has 1 N–H and O–H groups in total. The summed E-state index contributed by atoms with van der Waals surface area (Å²) in [6, 6.07) is 20.6. The number of carbonyl (C=O) groups is 1. The van der Waals surface area contributed by atoms with Gasteiger partial charge in [0.05, 0.1) is 17.2 Å². The van der Waals surface area contributed by atoms with Gasteiger partial charge in [-0.15, -0.1) is 11.3 Å². The average Bonchev–Trinajstić information content (AvgIpc) is 3.45. The fourth-order valence-electron chi connectivity index (χ4n) is 3.83.